The normalized spacial score (nSPS) is 15.6. The Morgan fingerprint density at radius 3 is 2.97 bits per heavy atom. The van der Waals surface area contributed by atoms with Crippen molar-refractivity contribution in [2.45, 2.75) is 25.8 Å². The van der Waals surface area contributed by atoms with Crippen molar-refractivity contribution in [2.24, 2.45) is 0 Å². The summed E-state index contributed by atoms with van der Waals surface area (Å²) in [6, 6.07) is 2.29. The number of rotatable bonds is 3. The maximum atomic E-state index is 5.55. The van der Waals surface area contributed by atoms with Gasteiger partial charge in [0, 0.05) is 31.6 Å². The molecule has 0 aromatic carbocycles. The molecule has 6 rings (SSSR count). The van der Waals surface area contributed by atoms with Gasteiger partial charge in [-0.15, -0.1) is 0 Å². The molecule has 10 heteroatoms. The fraction of sp³-hybridized carbons (Fsp3) is 0.316. The molecule has 0 saturated carbocycles. The first-order valence-corrected chi connectivity index (χ1v) is 9.63. The Hall–Kier alpha value is -3.53. The standard InChI is InChI=1S/C19H19N9O/c1-12-8-16-22-11-23-27(16)10-14(12)24-18-21-9-15-17(25-18)28(13-2-6-29-7-3-13)19-20-4-5-26(15)19/h4-5,8-11,13H,2-3,6-7H2,1H3,(H,21,24,25). The number of nitrogens with one attached hydrogen (secondary N) is 1. The topological polar surface area (TPSA) is 99.5 Å². The molecule has 1 fully saturated rings. The summed E-state index contributed by atoms with van der Waals surface area (Å²) < 4.78 is 11.5. The number of anilines is 2. The van der Waals surface area contributed by atoms with Gasteiger partial charge in [0.25, 0.3) is 0 Å². The Morgan fingerprint density at radius 2 is 2.07 bits per heavy atom. The van der Waals surface area contributed by atoms with Gasteiger partial charge in [0.2, 0.25) is 11.7 Å². The van der Waals surface area contributed by atoms with E-state index in [0.29, 0.717) is 12.0 Å². The van der Waals surface area contributed by atoms with Gasteiger partial charge in [-0.3, -0.25) is 8.97 Å². The zero-order valence-corrected chi connectivity index (χ0v) is 15.9. The van der Waals surface area contributed by atoms with Crippen LogP contribution in [0.1, 0.15) is 24.4 Å². The summed E-state index contributed by atoms with van der Waals surface area (Å²) in [6.45, 7) is 3.53. The first-order valence-electron chi connectivity index (χ1n) is 9.63. The van der Waals surface area contributed by atoms with Crippen molar-refractivity contribution >= 4 is 34.2 Å². The van der Waals surface area contributed by atoms with Crippen LogP contribution in [-0.4, -0.2) is 51.7 Å². The van der Waals surface area contributed by atoms with E-state index in [1.165, 1.54) is 6.33 Å². The van der Waals surface area contributed by atoms with Crippen LogP contribution in [0.15, 0.2) is 37.2 Å². The highest BCUT2D eigenvalue weighted by Crippen LogP contribution is 2.29. The van der Waals surface area contributed by atoms with Crippen LogP contribution in [0.5, 0.6) is 0 Å². The number of nitrogens with zero attached hydrogens (tertiary/aromatic N) is 8. The second kappa shape index (κ2) is 6.24. The van der Waals surface area contributed by atoms with Crippen molar-refractivity contribution in [1.82, 2.24) is 38.5 Å². The summed E-state index contributed by atoms with van der Waals surface area (Å²) in [5.74, 6) is 1.42. The molecular formula is C19H19N9O. The Labute approximate surface area is 165 Å². The van der Waals surface area contributed by atoms with E-state index >= 15 is 0 Å². The molecule has 6 heterocycles. The molecule has 1 saturated heterocycles. The van der Waals surface area contributed by atoms with Crippen LogP contribution in [0.3, 0.4) is 0 Å². The molecule has 146 valence electrons. The van der Waals surface area contributed by atoms with Crippen LogP contribution >= 0.6 is 0 Å². The summed E-state index contributed by atoms with van der Waals surface area (Å²) in [6.07, 6.45) is 10.9. The summed E-state index contributed by atoms with van der Waals surface area (Å²) in [7, 11) is 0. The molecule has 0 radical (unpaired) electrons. The van der Waals surface area contributed by atoms with E-state index in [9.17, 15) is 0 Å². The van der Waals surface area contributed by atoms with E-state index in [0.717, 1.165) is 59.9 Å². The largest absolute Gasteiger partial charge is 0.381 e. The highest BCUT2D eigenvalue weighted by Gasteiger charge is 2.23. The molecule has 10 nitrogen and oxygen atoms in total. The molecule has 0 unspecified atom stereocenters. The highest BCUT2D eigenvalue weighted by molar-refractivity contribution is 5.78. The molecule has 0 aliphatic carbocycles. The molecule has 1 aliphatic heterocycles. The zero-order valence-electron chi connectivity index (χ0n) is 15.9. The Morgan fingerprint density at radius 1 is 1.17 bits per heavy atom. The monoisotopic (exact) mass is 389 g/mol. The van der Waals surface area contributed by atoms with Crippen molar-refractivity contribution in [3.05, 3.63) is 42.7 Å². The second-order valence-electron chi connectivity index (χ2n) is 7.27. The third-order valence-electron chi connectivity index (χ3n) is 5.50. The van der Waals surface area contributed by atoms with Crippen LogP contribution in [-0.2, 0) is 4.74 Å². The van der Waals surface area contributed by atoms with E-state index in [-0.39, 0.29) is 0 Å². The number of fused-ring (bicyclic) bond motifs is 4. The summed E-state index contributed by atoms with van der Waals surface area (Å²) in [4.78, 5) is 18.2. The quantitative estimate of drug-likeness (QED) is 0.506. The van der Waals surface area contributed by atoms with Crippen LogP contribution in [0.4, 0.5) is 11.6 Å². The van der Waals surface area contributed by atoms with Crippen molar-refractivity contribution in [1.29, 1.82) is 0 Å². The number of hydrogen-bond acceptors (Lipinski definition) is 7. The number of ether oxygens (including phenoxy) is 1. The van der Waals surface area contributed by atoms with Crippen molar-refractivity contribution < 1.29 is 4.74 Å². The number of imidazole rings is 2. The Bertz CT molecular complexity index is 1340. The van der Waals surface area contributed by atoms with E-state index in [1.54, 1.807) is 4.52 Å². The maximum Gasteiger partial charge on any atom is 0.229 e. The molecule has 1 aliphatic rings. The minimum atomic E-state index is 0.308. The summed E-state index contributed by atoms with van der Waals surface area (Å²) in [5, 5.41) is 7.54. The van der Waals surface area contributed by atoms with E-state index in [2.05, 4.69) is 29.9 Å². The lowest BCUT2D eigenvalue weighted by Gasteiger charge is -2.23. The molecule has 29 heavy (non-hydrogen) atoms. The van der Waals surface area contributed by atoms with Gasteiger partial charge in [-0.25, -0.2) is 19.5 Å². The van der Waals surface area contributed by atoms with Gasteiger partial charge in [-0.1, -0.05) is 0 Å². The molecule has 5 aromatic rings. The maximum absolute atomic E-state index is 5.55. The molecule has 0 atom stereocenters. The Kier molecular flexibility index (Phi) is 3.54. The highest BCUT2D eigenvalue weighted by atomic mass is 16.5. The number of hydrogen-bond donors (Lipinski definition) is 1. The molecule has 1 N–H and O–H groups in total. The van der Waals surface area contributed by atoms with Gasteiger partial charge in [0.15, 0.2) is 11.3 Å². The number of pyridine rings is 1. The van der Waals surface area contributed by atoms with Gasteiger partial charge in [-0.2, -0.15) is 10.1 Å². The van der Waals surface area contributed by atoms with Crippen molar-refractivity contribution in [3.63, 3.8) is 0 Å². The molecule has 0 spiro atoms. The second-order valence-corrected chi connectivity index (χ2v) is 7.27. The molecule has 0 amide bonds. The summed E-state index contributed by atoms with van der Waals surface area (Å²) in [5.41, 5.74) is 4.55. The minimum Gasteiger partial charge on any atom is -0.381 e. The minimum absolute atomic E-state index is 0.308. The van der Waals surface area contributed by atoms with Gasteiger partial charge >= 0.3 is 0 Å². The summed E-state index contributed by atoms with van der Waals surface area (Å²) >= 11 is 0. The van der Waals surface area contributed by atoms with E-state index in [4.69, 9.17) is 9.72 Å². The van der Waals surface area contributed by atoms with E-state index < -0.39 is 0 Å². The lowest BCUT2D eigenvalue weighted by Crippen LogP contribution is -2.20. The van der Waals surface area contributed by atoms with Crippen molar-refractivity contribution in [2.75, 3.05) is 18.5 Å². The lowest BCUT2D eigenvalue weighted by molar-refractivity contribution is 0.0713. The van der Waals surface area contributed by atoms with E-state index in [1.807, 2.05) is 42.2 Å². The van der Waals surface area contributed by atoms with Gasteiger partial charge < -0.3 is 10.1 Å². The predicted octanol–water partition coefficient (Wildman–Crippen LogP) is 2.53. The predicted molar refractivity (Wildman–Crippen MR) is 106 cm³/mol. The lowest BCUT2D eigenvalue weighted by atomic mass is 10.1. The Balaban J connectivity index is 1.47. The third kappa shape index (κ3) is 2.56. The zero-order chi connectivity index (χ0) is 19.4. The van der Waals surface area contributed by atoms with Crippen LogP contribution < -0.4 is 5.32 Å². The first kappa shape index (κ1) is 16.4. The smallest absolute Gasteiger partial charge is 0.229 e. The van der Waals surface area contributed by atoms with Crippen LogP contribution in [0, 0.1) is 6.92 Å². The molecular weight excluding hydrogens is 370 g/mol. The van der Waals surface area contributed by atoms with Crippen molar-refractivity contribution in [3.8, 4) is 0 Å². The molecule has 5 aromatic heterocycles. The van der Waals surface area contributed by atoms with Crippen LogP contribution in [0.2, 0.25) is 0 Å². The average Bonchev–Trinajstić information content (AvgIpc) is 3.44. The molecule has 0 bridgehead atoms. The van der Waals surface area contributed by atoms with Crippen LogP contribution in [0.25, 0.3) is 22.6 Å². The van der Waals surface area contributed by atoms with Gasteiger partial charge in [0.05, 0.1) is 18.1 Å². The number of aromatic nitrogens is 8. The fourth-order valence-electron chi connectivity index (χ4n) is 4.02. The van der Waals surface area contributed by atoms with Gasteiger partial charge in [-0.05, 0) is 31.4 Å². The average molecular weight is 389 g/mol. The third-order valence-corrected chi connectivity index (χ3v) is 5.50. The SMILES string of the molecule is Cc1cc2ncnn2cc1Nc1ncc2c(n1)n(C1CCOCC1)c1nccn21. The first-order chi connectivity index (χ1) is 14.3. The number of aryl methyl sites for hydroxylation is 1. The fourth-order valence-corrected chi connectivity index (χ4v) is 4.02. The van der Waals surface area contributed by atoms with Gasteiger partial charge in [0.1, 0.15) is 11.8 Å².